The monoisotopic (exact) mass is 323 g/mol. The minimum absolute atomic E-state index is 0.331. The number of hydrogen-bond donors (Lipinski definition) is 2. The molecule has 0 fully saturated rings. The van der Waals surface area contributed by atoms with E-state index < -0.39 is 10.2 Å². The summed E-state index contributed by atoms with van der Waals surface area (Å²) in [5.41, 5.74) is 6.91. The van der Waals surface area contributed by atoms with Crippen LogP contribution in [0.1, 0.15) is 18.9 Å². The highest BCUT2D eigenvalue weighted by Crippen LogP contribution is 2.51. The van der Waals surface area contributed by atoms with E-state index in [9.17, 15) is 0 Å². The van der Waals surface area contributed by atoms with E-state index in [0.29, 0.717) is 5.11 Å². The first kappa shape index (κ1) is 15.9. The Hall–Kier alpha value is -1.53. The summed E-state index contributed by atoms with van der Waals surface area (Å²) in [6.07, 6.45) is 3.64. The molecule has 114 valence electrons. The van der Waals surface area contributed by atoms with E-state index in [1.807, 2.05) is 24.4 Å². The van der Waals surface area contributed by atoms with Gasteiger partial charge in [0, 0.05) is 12.0 Å². The molecule has 1 atom stereocenters. The van der Waals surface area contributed by atoms with Crippen LogP contribution in [0, 0.1) is 0 Å². The molecule has 0 spiro atoms. The van der Waals surface area contributed by atoms with E-state index in [0.717, 1.165) is 29.4 Å². The Morgan fingerprint density at radius 3 is 2.86 bits per heavy atom. The molecule has 0 bridgehead atoms. The number of nitrogens with one attached hydrogen (secondary N) is 1. The molecule has 0 amide bonds. The van der Waals surface area contributed by atoms with E-state index in [1.165, 1.54) is 5.56 Å². The molecule has 0 radical (unpaired) electrons. The summed E-state index contributed by atoms with van der Waals surface area (Å²) < 4.78 is 8.72. The number of thiocarbonyl (C=S) groups is 1. The minimum Gasteiger partial charge on any atom is -0.496 e. The molecule has 1 aromatic rings. The van der Waals surface area contributed by atoms with Gasteiger partial charge in [-0.15, -0.1) is 10.2 Å². The van der Waals surface area contributed by atoms with Gasteiger partial charge in [-0.3, -0.25) is 4.99 Å². The van der Waals surface area contributed by atoms with Crippen molar-refractivity contribution in [1.29, 1.82) is 0 Å². The van der Waals surface area contributed by atoms with Crippen molar-refractivity contribution < 1.29 is 4.74 Å². The number of benzene rings is 1. The maximum absolute atomic E-state index is 5.73. The van der Waals surface area contributed by atoms with Gasteiger partial charge in [0.2, 0.25) is 0 Å². The van der Waals surface area contributed by atoms with Crippen molar-refractivity contribution in [2.75, 3.05) is 12.9 Å². The highest BCUT2D eigenvalue weighted by atomic mass is 32.3. The molecule has 21 heavy (non-hydrogen) atoms. The third-order valence-electron chi connectivity index (χ3n) is 3.40. The summed E-state index contributed by atoms with van der Waals surface area (Å²) in [6, 6.07) is 8.08. The molecular formula is C15H21N3OS2. The zero-order chi connectivity index (χ0) is 15.3. The summed E-state index contributed by atoms with van der Waals surface area (Å²) >= 11 is 5.06. The van der Waals surface area contributed by atoms with Crippen LogP contribution in [0.2, 0.25) is 0 Å². The molecule has 1 unspecified atom stereocenters. The second kappa shape index (κ2) is 6.95. The van der Waals surface area contributed by atoms with Gasteiger partial charge in [0.05, 0.1) is 12.2 Å². The van der Waals surface area contributed by atoms with E-state index in [-0.39, 0.29) is 0 Å². The van der Waals surface area contributed by atoms with Crippen molar-refractivity contribution in [3.8, 4) is 5.75 Å². The minimum atomic E-state index is -1.38. The molecule has 3 N–H and O–H groups in total. The molecule has 0 aliphatic carbocycles. The van der Waals surface area contributed by atoms with Crippen LogP contribution in [0.3, 0.4) is 0 Å². The highest BCUT2D eigenvalue weighted by Gasteiger charge is 2.29. The van der Waals surface area contributed by atoms with E-state index in [4.69, 9.17) is 22.7 Å². The fourth-order valence-corrected chi connectivity index (χ4v) is 5.63. The summed E-state index contributed by atoms with van der Waals surface area (Å²) in [5, 5.41) is 3.60. The Morgan fingerprint density at radius 1 is 1.43 bits per heavy atom. The van der Waals surface area contributed by atoms with Gasteiger partial charge in [-0.1, -0.05) is 25.1 Å². The quantitative estimate of drug-likeness (QED) is 0.790. The normalized spacial score (nSPS) is 23.2. The highest BCUT2D eigenvalue weighted by molar-refractivity contribution is 8.46. The molecule has 0 saturated carbocycles. The molecular weight excluding hydrogens is 302 g/mol. The van der Waals surface area contributed by atoms with Gasteiger partial charge in [0.25, 0.3) is 0 Å². The second-order valence-corrected chi connectivity index (χ2v) is 8.07. The number of para-hydroxylation sites is 1. The van der Waals surface area contributed by atoms with E-state index >= 15 is 0 Å². The van der Waals surface area contributed by atoms with Crippen molar-refractivity contribution >= 4 is 32.6 Å². The van der Waals surface area contributed by atoms with Crippen LogP contribution in [-0.2, 0) is 6.42 Å². The number of ether oxygens (including phenoxy) is 1. The first-order valence-electron chi connectivity index (χ1n) is 6.84. The Kier molecular flexibility index (Phi) is 5.25. The molecule has 1 aromatic carbocycles. The Labute approximate surface area is 132 Å². The molecule has 0 aromatic heterocycles. The lowest BCUT2D eigenvalue weighted by Crippen LogP contribution is -2.36. The molecule has 2 rings (SSSR count). The third kappa shape index (κ3) is 3.57. The number of nitrogens with zero attached hydrogens (tertiary/aromatic N) is 1. The fourth-order valence-electron chi connectivity index (χ4n) is 2.43. The predicted molar refractivity (Wildman–Crippen MR) is 95.9 cm³/mol. The maximum atomic E-state index is 5.73. The summed E-state index contributed by atoms with van der Waals surface area (Å²) in [5.74, 6) is 1.83. The van der Waals surface area contributed by atoms with Crippen LogP contribution in [0.25, 0.3) is 0 Å². The van der Waals surface area contributed by atoms with Crippen molar-refractivity contribution in [2.24, 2.45) is 10.7 Å². The first-order valence-corrected chi connectivity index (χ1v) is 9.12. The zero-order valence-electron chi connectivity index (χ0n) is 12.3. The van der Waals surface area contributed by atoms with Crippen LogP contribution in [0.4, 0.5) is 0 Å². The zero-order valence-corrected chi connectivity index (χ0v) is 14.0. The van der Waals surface area contributed by atoms with Gasteiger partial charge in [0.15, 0.2) is 5.11 Å². The number of aryl methyl sites for hydroxylation is 1. The topological polar surface area (TPSA) is 59.6 Å². The lowest BCUT2D eigenvalue weighted by Gasteiger charge is -2.36. The SMILES string of the molecule is CCC1=NC=CS1(CCc1ccccc1OC)NC(N)=S. The summed E-state index contributed by atoms with van der Waals surface area (Å²) in [7, 11) is 0.321. The first-order chi connectivity index (χ1) is 10.1. The number of rotatable bonds is 6. The van der Waals surface area contributed by atoms with Crippen molar-refractivity contribution in [1.82, 2.24) is 4.72 Å². The lowest BCUT2D eigenvalue weighted by atomic mass is 10.1. The molecule has 1 aliphatic heterocycles. The third-order valence-corrected chi connectivity index (χ3v) is 6.89. The van der Waals surface area contributed by atoms with E-state index in [1.54, 1.807) is 7.11 Å². The van der Waals surface area contributed by atoms with Crippen LogP contribution < -0.4 is 15.2 Å². The van der Waals surface area contributed by atoms with Gasteiger partial charge >= 0.3 is 0 Å². The number of aliphatic imine (C=N–C) groups is 1. The average molecular weight is 323 g/mol. The molecule has 4 nitrogen and oxygen atoms in total. The van der Waals surface area contributed by atoms with Gasteiger partial charge in [0.1, 0.15) is 5.75 Å². The fraction of sp³-hybridized carbons (Fsp3) is 0.333. The largest absolute Gasteiger partial charge is 0.496 e. The van der Waals surface area contributed by atoms with E-state index in [2.05, 4.69) is 28.1 Å². The number of nitrogens with two attached hydrogens (primary N) is 1. The standard InChI is InChI=1S/C15H21N3OS2/c1-3-14-17-9-11-21(14,18-15(16)20)10-8-12-6-4-5-7-13(12)19-2/h4-7,9,11H,3,8,10H2,1-2H3,(H3,16,18,20). The van der Waals surface area contributed by atoms with Crippen LogP contribution in [-0.4, -0.2) is 23.0 Å². The summed E-state index contributed by atoms with van der Waals surface area (Å²) in [6.45, 7) is 2.11. The maximum Gasteiger partial charge on any atom is 0.173 e. The Bertz CT molecular complexity index is 586. The molecule has 6 heteroatoms. The van der Waals surface area contributed by atoms with Crippen LogP contribution >= 0.6 is 22.4 Å². The molecule has 1 aliphatic rings. The Balaban J connectivity index is 2.19. The smallest absolute Gasteiger partial charge is 0.173 e. The lowest BCUT2D eigenvalue weighted by molar-refractivity contribution is 0.410. The number of methoxy groups -OCH3 is 1. The van der Waals surface area contributed by atoms with Crippen LogP contribution in [0.15, 0.2) is 40.9 Å². The van der Waals surface area contributed by atoms with Gasteiger partial charge in [-0.05, 0) is 42.1 Å². The number of hydrogen-bond acceptors (Lipinski definition) is 3. The van der Waals surface area contributed by atoms with Crippen molar-refractivity contribution in [3.63, 3.8) is 0 Å². The molecule has 0 saturated heterocycles. The van der Waals surface area contributed by atoms with Gasteiger partial charge in [-0.2, -0.15) is 0 Å². The van der Waals surface area contributed by atoms with Gasteiger partial charge in [-0.25, -0.2) is 0 Å². The van der Waals surface area contributed by atoms with Crippen molar-refractivity contribution in [3.05, 3.63) is 41.4 Å². The second-order valence-electron chi connectivity index (χ2n) is 4.69. The summed E-state index contributed by atoms with van der Waals surface area (Å²) in [4.78, 5) is 4.48. The van der Waals surface area contributed by atoms with Crippen molar-refractivity contribution in [2.45, 2.75) is 19.8 Å². The van der Waals surface area contributed by atoms with Gasteiger partial charge < -0.3 is 15.2 Å². The van der Waals surface area contributed by atoms with Crippen LogP contribution in [0.5, 0.6) is 5.75 Å². The Morgan fingerprint density at radius 2 is 2.19 bits per heavy atom. The molecule has 1 heterocycles. The average Bonchev–Trinajstić information content (AvgIpc) is 2.87. The predicted octanol–water partition coefficient (Wildman–Crippen LogP) is 3.08.